The Hall–Kier alpha value is -2.30. The summed E-state index contributed by atoms with van der Waals surface area (Å²) in [6.07, 6.45) is 1.45. The van der Waals surface area contributed by atoms with E-state index in [2.05, 4.69) is 0 Å². The van der Waals surface area contributed by atoms with Crippen molar-refractivity contribution >= 4 is 46.6 Å². The van der Waals surface area contributed by atoms with Crippen LogP contribution in [-0.2, 0) is 4.79 Å². The molecule has 0 atom stereocenters. The van der Waals surface area contributed by atoms with Crippen molar-refractivity contribution in [1.82, 2.24) is 0 Å². The third kappa shape index (κ3) is 2.26. The highest BCUT2D eigenvalue weighted by Crippen LogP contribution is 2.38. The zero-order chi connectivity index (χ0) is 16.0. The summed E-state index contributed by atoms with van der Waals surface area (Å²) in [5.74, 6) is -1.77. The highest BCUT2D eigenvalue weighted by Gasteiger charge is 2.26. The molecule has 2 aromatic rings. The third-order valence-electron chi connectivity index (χ3n) is 3.41. The molecule has 0 fully saturated rings. The molecule has 4 nitrogen and oxygen atoms in total. The van der Waals surface area contributed by atoms with Gasteiger partial charge >= 0.3 is 5.97 Å². The van der Waals surface area contributed by atoms with Gasteiger partial charge in [0.25, 0.3) is 0 Å². The Balaban J connectivity index is 2.01. The Morgan fingerprint density at radius 3 is 2.36 bits per heavy atom. The lowest BCUT2D eigenvalue weighted by atomic mass is 9.85. The molecule has 0 saturated heterocycles. The van der Waals surface area contributed by atoms with Crippen LogP contribution in [0.15, 0.2) is 30.3 Å². The number of aromatic hydroxyl groups is 1. The van der Waals surface area contributed by atoms with Gasteiger partial charge in [0, 0.05) is 5.56 Å². The molecule has 0 bridgehead atoms. The van der Waals surface area contributed by atoms with Gasteiger partial charge in [-0.1, -0.05) is 23.2 Å². The first kappa shape index (κ1) is 14.6. The standard InChI is InChI=1S/C16H8Cl2O4/c17-12-2-1-7(5-13(12)18)15(20)11-4-8-3-10(16(21)22)9(8)6-14(11)19/h1-6,19H,(H,21,22). The Kier molecular flexibility index (Phi) is 3.43. The molecule has 3 rings (SSSR count). The van der Waals surface area contributed by atoms with Crippen LogP contribution in [-0.4, -0.2) is 22.0 Å². The van der Waals surface area contributed by atoms with Crippen LogP contribution in [0.1, 0.15) is 27.0 Å². The number of phenols is 1. The molecule has 0 spiro atoms. The van der Waals surface area contributed by atoms with E-state index in [-0.39, 0.29) is 27.5 Å². The van der Waals surface area contributed by atoms with Gasteiger partial charge in [-0.2, -0.15) is 0 Å². The summed E-state index contributed by atoms with van der Waals surface area (Å²) in [5.41, 5.74) is 1.48. The highest BCUT2D eigenvalue weighted by molar-refractivity contribution is 6.42. The van der Waals surface area contributed by atoms with Gasteiger partial charge in [-0.15, -0.1) is 0 Å². The zero-order valence-corrected chi connectivity index (χ0v) is 12.4. The van der Waals surface area contributed by atoms with Crippen LogP contribution in [0, 0.1) is 0 Å². The van der Waals surface area contributed by atoms with Crippen molar-refractivity contribution in [2.75, 3.05) is 0 Å². The number of benzene rings is 2. The molecule has 0 aromatic heterocycles. The van der Waals surface area contributed by atoms with E-state index in [0.717, 1.165) is 0 Å². The molecule has 0 amide bonds. The first-order chi connectivity index (χ1) is 10.4. The zero-order valence-electron chi connectivity index (χ0n) is 10.9. The van der Waals surface area contributed by atoms with Crippen LogP contribution >= 0.6 is 23.2 Å². The molecule has 2 N–H and O–H groups in total. The summed E-state index contributed by atoms with van der Waals surface area (Å²) >= 11 is 11.7. The molecule has 22 heavy (non-hydrogen) atoms. The first-order valence-electron chi connectivity index (χ1n) is 6.20. The second-order valence-electron chi connectivity index (χ2n) is 4.78. The van der Waals surface area contributed by atoms with Crippen molar-refractivity contribution in [1.29, 1.82) is 0 Å². The largest absolute Gasteiger partial charge is 0.507 e. The van der Waals surface area contributed by atoms with Crippen molar-refractivity contribution in [3.63, 3.8) is 0 Å². The number of carboxylic acid groups (broad SMARTS) is 1. The second-order valence-corrected chi connectivity index (χ2v) is 5.59. The lowest BCUT2D eigenvalue weighted by Crippen LogP contribution is -2.11. The lowest BCUT2D eigenvalue weighted by Gasteiger charge is -2.18. The van der Waals surface area contributed by atoms with Gasteiger partial charge in [0.2, 0.25) is 0 Å². The number of hydrogen-bond donors (Lipinski definition) is 2. The quantitative estimate of drug-likeness (QED) is 0.835. The van der Waals surface area contributed by atoms with Gasteiger partial charge in [0.05, 0.1) is 21.2 Å². The van der Waals surface area contributed by atoms with Crippen molar-refractivity contribution in [2.24, 2.45) is 0 Å². The maximum Gasteiger partial charge on any atom is 0.336 e. The Morgan fingerprint density at radius 1 is 1.00 bits per heavy atom. The fourth-order valence-corrected chi connectivity index (χ4v) is 2.56. The minimum atomic E-state index is -1.07. The van der Waals surface area contributed by atoms with Crippen molar-refractivity contribution in [3.8, 4) is 5.75 Å². The highest BCUT2D eigenvalue weighted by atomic mass is 35.5. The predicted molar refractivity (Wildman–Crippen MR) is 83.5 cm³/mol. The summed E-state index contributed by atoms with van der Waals surface area (Å²) in [5, 5.41) is 19.5. The van der Waals surface area contributed by atoms with Crippen molar-refractivity contribution in [3.05, 3.63) is 62.6 Å². The molecular weight excluding hydrogens is 327 g/mol. The summed E-state index contributed by atoms with van der Waals surface area (Å²) in [6.45, 7) is 0. The van der Waals surface area contributed by atoms with E-state index in [4.69, 9.17) is 28.3 Å². The van der Waals surface area contributed by atoms with Crippen LogP contribution < -0.4 is 0 Å². The van der Waals surface area contributed by atoms with Gasteiger partial charge in [-0.3, -0.25) is 4.79 Å². The topological polar surface area (TPSA) is 74.6 Å². The van der Waals surface area contributed by atoms with E-state index in [1.807, 2.05) is 0 Å². The van der Waals surface area contributed by atoms with Crippen LogP contribution in [0.2, 0.25) is 10.0 Å². The van der Waals surface area contributed by atoms with Gasteiger partial charge in [0.1, 0.15) is 5.75 Å². The summed E-state index contributed by atoms with van der Waals surface area (Å²) in [4.78, 5) is 23.4. The number of rotatable bonds is 3. The average molecular weight is 335 g/mol. The SMILES string of the molecule is O=C(O)C1=Cc2cc(C(=O)c3ccc(Cl)c(Cl)c3)c(O)cc21. The molecule has 0 unspecified atom stereocenters. The predicted octanol–water partition coefficient (Wildman–Crippen LogP) is 3.87. The monoisotopic (exact) mass is 334 g/mol. The molecule has 0 aliphatic heterocycles. The number of phenolic OH excluding ortho intramolecular Hbond substituents is 1. The maximum atomic E-state index is 12.4. The fraction of sp³-hybridized carbons (Fsp3) is 0. The smallest absolute Gasteiger partial charge is 0.336 e. The Morgan fingerprint density at radius 2 is 1.73 bits per heavy atom. The minimum absolute atomic E-state index is 0.0813. The van der Waals surface area contributed by atoms with Crippen molar-refractivity contribution < 1.29 is 19.8 Å². The number of ketones is 1. The van der Waals surface area contributed by atoms with E-state index >= 15 is 0 Å². The van der Waals surface area contributed by atoms with E-state index < -0.39 is 11.8 Å². The van der Waals surface area contributed by atoms with Gasteiger partial charge in [-0.05, 0) is 47.5 Å². The third-order valence-corrected chi connectivity index (χ3v) is 4.15. The summed E-state index contributed by atoms with van der Waals surface area (Å²) in [6, 6.07) is 7.17. The molecule has 1 aliphatic carbocycles. The number of carboxylic acids is 1. The number of carbonyl (C=O) groups excluding carboxylic acids is 1. The molecule has 110 valence electrons. The van der Waals surface area contributed by atoms with E-state index in [1.165, 1.54) is 36.4 Å². The van der Waals surface area contributed by atoms with Gasteiger partial charge in [0.15, 0.2) is 5.78 Å². The number of hydrogen-bond acceptors (Lipinski definition) is 3. The van der Waals surface area contributed by atoms with Gasteiger partial charge < -0.3 is 10.2 Å². The molecule has 0 heterocycles. The number of aliphatic carboxylic acids is 1. The number of halogens is 2. The Bertz CT molecular complexity index is 869. The molecule has 0 radical (unpaired) electrons. The molecule has 0 saturated carbocycles. The van der Waals surface area contributed by atoms with Crippen LogP contribution in [0.4, 0.5) is 0 Å². The molecule has 1 aliphatic rings. The first-order valence-corrected chi connectivity index (χ1v) is 6.96. The summed E-state index contributed by atoms with van der Waals surface area (Å²) < 4.78 is 0. The van der Waals surface area contributed by atoms with E-state index in [0.29, 0.717) is 16.1 Å². The molecule has 2 aromatic carbocycles. The van der Waals surface area contributed by atoms with Gasteiger partial charge in [-0.25, -0.2) is 4.79 Å². The summed E-state index contributed by atoms with van der Waals surface area (Å²) in [7, 11) is 0. The fourth-order valence-electron chi connectivity index (χ4n) is 2.26. The molecule has 6 heteroatoms. The Labute approximate surface area is 135 Å². The number of fused-ring (bicyclic) bond motifs is 1. The maximum absolute atomic E-state index is 12.4. The van der Waals surface area contributed by atoms with Crippen LogP contribution in [0.5, 0.6) is 5.75 Å². The van der Waals surface area contributed by atoms with E-state index in [1.54, 1.807) is 0 Å². The molecular formula is C16H8Cl2O4. The van der Waals surface area contributed by atoms with Crippen LogP contribution in [0.3, 0.4) is 0 Å². The second kappa shape index (κ2) is 5.16. The average Bonchev–Trinajstić information content (AvgIpc) is 2.44. The normalized spacial score (nSPS) is 12.2. The van der Waals surface area contributed by atoms with Crippen LogP contribution in [0.25, 0.3) is 11.6 Å². The number of carbonyl (C=O) groups is 2. The van der Waals surface area contributed by atoms with E-state index in [9.17, 15) is 14.7 Å². The minimum Gasteiger partial charge on any atom is -0.507 e. The lowest BCUT2D eigenvalue weighted by molar-refractivity contribution is -0.130. The van der Waals surface area contributed by atoms with Crippen molar-refractivity contribution in [2.45, 2.75) is 0 Å².